The predicted molar refractivity (Wildman–Crippen MR) is 106 cm³/mol. The summed E-state index contributed by atoms with van der Waals surface area (Å²) in [6.45, 7) is 1.04. The lowest BCUT2D eigenvalue weighted by Gasteiger charge is -2.26. The number of fused-ring (bicyclic) bond motifs is 1. The van der Waals surface area contributed by atoms with E-state index >= 15 is 0 Å². The minimum atomic E-state index is -0.531. The third kappa shape index (κ3) is 3.83. The maximum absolute atomic E-state index is 12.9. The Morgan fingerprint density at radius 1 is 1.17 bits per heavy atom. The lowest BCUT2D eigenvalue weighted by atomic mass is 9.93. The summed E-state index contributed by atoms with van der Waals surface area (Å²) in [6, 6.07) is 6.96. The van der Waals surface area contributed by atoms with E-state index in [0.29, 0.717) is 24.7 Å². The molecule has 2 aliphatic rings. The summed E-state index contributed by atoms with van der Waals surface area (Å²) in [4.78, 5) is 37.8. The Bertz CT molecular complexity index is 1010. The summed E-state index contributed by atoms with van der Waals surface area (Å²) in [5.74, 6) is 0.378. The molecular formula is C21H23N3O5. The van der Waals surface area contributed by atoms with Crippen molar-refractivity contribution in [2.24, 2.45) is 0 Å². The average molecular weight is 397 g/mol. The number of nitrogens with one attached hydrogen (secondary N) is 2. The Hall–Kier alpha value is -3.29. The molecule has 1 aromatic heterocycles. The van der Waals surface area contributed by atoms with Crippen LogP contribution in [0.15, 0.2) is 35.3 Å². The first-order valence-corrected chi connectivity index (χ1v) is 9.71. The van der Waals surface area contributed by atoms with E-state index in [-0.39, 0.29) is 29.6 Å². The standard InChI is InChI=1S/C21H23N3O5/c1-22-20(26)16-10-14(19(25)23-15-5-3-6-15)12-24(21(16)27)11-13-4-2-7-17-18(13)29-9-8-28-17/h2,4,7,10,12,15H,3,5-6,8-9,11H2,1H3,(H,22,26)(H,23,25). The van der Waals surface area contributed by atoms with Gasteiger partial charge in [0.25, 0.3) is 17.4 Å². The minimum absolute atomic E-state index is 0.0734. The number of rotatable bonds is 5. The van der Waals surface area contributed by atoms with E-state index in [9.17, 15) is 14.4 Å². The van der Waals surface area contributed by atoms with Crippen LogP contribution in [0.4, 0.5) is 0 Å². The highest BCUT2D eigenvalue weighted by Gasteiger charge is 2.23. The third-order valence-electron chi connectivity index (χ3n) is 5.25. The maximum Gasteiger partial charge on any atom is 0.263 e. The fourth-order valence-electron chi connectivity index (χ4n) is 3.44. The molecule has 2 N–H and O–H groups in total. The number of ether oxygens (including phenoxy) is 2. The van der Waals surface area contributed by atoms with Crippen molar-refractivity contribution in [3.8, 4) is 11.5 Å². The molecule has 0 saturated heterocycles. The monoisotopic (exact) mass is 397 g/mol. The zero-order valence-electron chi connectivity index (χ0n) is 16.2. The van der Waals surface area contributed by atoms with E-state index in [1.165, 1.54) is 23.9 Å². The van der Waals surface area contributed by atoms with Gasteiger partial charge in [0.05, 0.1) is 12.1 Å². The molecule has 0 radical (unpaired) electrons. The largest absolute Gasteiger partial charge is 0.486 e. The highest BCUT2D eigenvalue weighted by atomic mass is 16.6. The number of carbonyl (C=O) groups is 2. The van der Waals surface area contributed by atoms with E-state index in [0.717, 1.165) is 24.8 Å². The van der Waals surface area contributed by atoms with Crippen LogP contribution in [0.1, 0.15) is 45.5 Å². The fourth-order valence-corrected chi connectivity index (χ4v) is 3.44. The van der Waals surface area contributed by atoms with Gasteiger partial charge in [0.1, 0.15) is 18.8 Å². The van der Waals surface area contributed by atoms with Crippen LogP contribution in [0.5, 0.6) is 11.5 Å². The number of amides is 2. The van der Waals surface area contributed by atoms with Crippen LogP contribution in [0.2, 0.25) is 0 Å². The molecule has 1 saturated carbocycles. The van der Waals surface area contributed by atoms with Crippen molar-refractivity contribution in [3.63, 3.8) is 0 Å². The number of hydrogen-bond acceptors (Lipinski definition) is 5. The van der Waals surface area contributed by atoms with Crippen LogP contribution in [0.25, 0.3) is 0 Å². The molecule has 2 amide bonds. The molecule has 1 aliphatic carbocycles. The third-order valence-corrected chi connectivity index (χ3v) is 5.25. The Labute approximate surface area is 167 Å². The zero-order valence-corrected chi connectivity index (χ0v) is 16.2. The Kier molecular flexibility index (Phi) is 5.24. The molecule has 0 atom stereocenters. The summed E-state index contributed by atoms with van der Waals surface area (Å²) >= 11 is 0. The molecule has 0 bridgehead atoms. The zero-order chi connectivity index (χ0) is 20.4. The molecule has 0 spiro atoms. The quantitative estimate of drug-likeness (QED) is 0.793. The first-order valence-electron chi connectivity index (χ1n) is 9.71. The molecule has 0 unspecified atom stereocenters. The molecule has 1 aromatic carbocycles. The number of pyridine rings is 1. The van der Waals surface area contributed by atoms with Gasteiger partial charge in [0, 0.05) is 24.8 Å². The fraction of sp³-hybridized carbons (Fsp3) is 0.381. The van der Waals surface area contributed by atoms with Gasteiger partial charge in [-0.1, -0.05) is 12.1 Å². The van der Waals surface area contributed by atoms with Crippen molar-refractivity contribution >= 4 is 11.8 Å². The van der Waals surface area contributed by atoms with Gasteiger partial charge in [-0.05, 0) is 31.4 Å². The van der Waals surface area contributed by atoms with Crippen LogP contribution >= 0.6 is 0 Å². The predicted octanol–water partition coefficient (Wildman–Crippen LogP) is 1.31. The molecule has 8 heteroatoms. The number of nitrogens with zero attached hydrogens (tertiary/aromatic N) is 1. The number of benzene rings is 1. The minimum Gasteiger partial charge on any atom is -0.486 e. The van der Waals surface area contributed by atoms with Crippen molar-refractivity contribution in [3.05, 3.63) is 57.5 Å². The van der Waals surface area contributed by atoms with Gasteiger partial charge < -0.3 is 24.7 Å². The smallest absolute Gasteiger partial charge is 0.263 e. The molecule has 1 aliphatic heterocycles. The number of hydrogen-bond donors (Lipinski definition) is 2. The average Bonchev–Trinajstić information content (AvgIpc) is 2.71. The molecule has 8 nitrogen and oxygen atoms in total. The van der Waals surface area contributed by atoms with E-state index < -0.39 is 11.5 Å². The summed E-state index contributed by atoms with van der Waals surface area (Å²) in [7, 11) is 1.45. The summed E-state index contributed by atoms with van der Waals surface area (Å²) < 4.78 is 12.7. The highest BCUT2D eigenvalue weighted by molar-refractivity contribution is 5.99. The lowest BCUT2D eigenvalue weighted by molar-refractivity contribution is 0.0916. The van der Waals surface area contributed by atoms with Crippen molar-refractivity contribution in [1.82, 2.24) is 15.2 Å². The van der Waals surface area contributed by atoms with Gasteiger partial charge in [-0.3, -0.25) is 14.4 Å². The van der Waals surface area contributed by atoms with Crippen LogP contribution in [0, 0.1) is 0 Å². The SMILES string of the molecule is CNC(=O)c1cc(C(=O)NC2CCC2)cn(Cc2cccc3c2OCCO3)c1=O. The highest BCUT2D eigenvalue weighted by Crippen LogP contribution is 2.33. The summed E-state index contributed by atoms with van der Waals surface area (Å²) in [5, 5.41) is 5.41. The number of para-hydroxylation sites is 1. The van der Waals surface area contributed by atoms with Crippen LogP contribution in [-0.4, -0.2) is 42.7 Å². The van der Waals surface area contributed by atoms with E-state index in [1.807, 2.05) is 12.1 Å². The van der Waals surface area contributed by atoms with E-state index in [1.54, 1.807) is 6.07 Å². The van der Waals surface area contributed by atoms with Gasteiger partial charge in [-0.15, -0.1) is 0 Å². The normalized spacial score (nSPS) is 15.3. The van der Waals surface area contributed by atoms with E-state index in [4.69, 9.17) is 9.47 Å². The number of carbonyl (C=O) groups excluding carboxylic acids is 2. The van der Waals surface area contributed by atoms with Crippen molar-refractivity contribution < 1.29 is 19.1 Å². The van der Waals surface area contributed by atoms with Crippen LogP contribution in [0.3, 0.4) is 0 Å². The Morgan fingerprint density at radius 2 is 1.97 bits per heavy atom. The van der Waals surface area contributed by atoms with Crippen LogP contribution < -0.4 is 25.7 Å². The van der Waals surface area contributed by atoms with Crippen molar-refractivity contribution in [1.29, 1.82) is 0 Å². The van der Waals surface area contributed by atoms with Gasteiger partial charge in [0.2, 0.25) is 0 Å². The second-order valence-corrected chi connectivity index (χ2v) is 7.20. The molecule has 152 valence electrons. The summed E-state index contributed by atoms with van der Waals surface area (Å²) in [6.07, 6.45) is 4.48. The second kappa shape index (κ2) is 7.98. The Morgan fingerprint density at radius 3 is 2.69 bits per heavy atom. The van der Waals surface area contributed by atoms with Gasteiger partial charge in [0.15, 0.2) is 11.5 Å². The van der Waals surface area contributed by atoms with Crippen molar-refractivity contribution in [2.75, 3.05) is 20.3 Å². The van der Waals surface area contributed by atoms with Crippen LogP contribution in [-0.2, 0) is 6.54 Å². The molecule has 1 fully saturated rings. The van der Waals surface area contributed by atoms with E-state index in [2.05, 4.69) is 10.6 Å². The number of aromatic nitrogens is 1. The molecule has 2 heterocycles. The molecule has 2 aromatic rings. The molecule has 29 heavy (non-hydrogen) atoms. The first kappa shape index (κ1) is 19.0. The van der Waals surface area contributed by atoms with Gasteiger partial charge >= 0.3 is 0 Å². The molecule has 4 rings (SSSR count). The topological polar surface area (TPSA) is 98.7 Å². The van der Waals surface area contributed by atoms with Gasteiger partial charge in [-0.25, -0.2) is 0 Å². The van der Waals surface area contributed by atoms with Crippen molar-refractivity contribution in [2.45, 2.75) is 31.8 Å². The van der Waals surface area contributed by atoms with Gasteiger partial charge in [-0.2, -0.15) is 0 Å². The first-order chi connectivity index (χ1) is 14.1. The Balaban J connectivity index is 1.72. The maximum atomic E-state index is 12.9. The second-order valence-electron chi connectivity index (χ2n) is 7.20. The lowest BCUT2D eigenvalue weighted by Crippen LogP contribution is -2.40. The molecular weight excluding hydrogens is 374 g/mol. The summed E-state index contributed by atoms with van der Waals surface area (Å²) in [5.41, 5.74) is 0.468.